The molecule has 4 amide bonds. The van der Waals surface area contributed by atoms with Crippen LogP contribution in [0.1, 0.15) is 16.7 Å². The van der Waals surface area contributed by atoms with E-state index >= 15 is 0 Å². The number of ether oxygens (including phenoxy) is 2. The number of anilines is 2. The molecule has 0 saturated carbocycles. The molecule has 0 spiro atoms. The van der Waals surface area contributed by atoms with Crippen LogP contribution < -0.4 is 20.1 Å². The quantitative estimate of drug-likeness (QED) is 0.185. The molecular formula is C33H28BrN3O6S. The van der Waals surface area contributed by atoms with Crippen molar-refractivity contribution in [2.45, 2.75) is 13.8 Å². The summed E-state index contributed by atoms with van der Waals surface area (Å²) in [6, 6.07) is 21.8. The monoisotopic (exact) mass is 673 g/mol. The second kappa shape index (κ2) is 13.4. The number of hydrogen-bond donors (Lipinski definition) is 2. The molecule has 11 heteroatoms. The van der Waals surface area contributed by atoms with Crippen molar-refractivity contribution in [1.82, 2.24) is 4.90 Å². The van der Waals surface area contributed by atoms with Gasteiger partial charge >= 0.3 is 0 Å². The third-order valence-corrected chi connectivity index (χ3v) is 8.84. The van der Waals surface area contributed by atoms with Gasteiger partial charge in [-0.1, -0.05) is 58.4 Å². The normalized spacial score (nSPS) is 13.8. The van der Waals surface area contributed by atoms with E-state index in [1.165, 1.54) is 7.11 Å². The number of nitrogens with zero attached hydrogens (tertiary/aromatic N) is 1. The van der Waals surface area contributed by atoms with Crippen LogP contribution in [0.4, 0.5) is 16.2 Å². The summed E-state index contributed by atoms with van der Waals surface area (Å²) in [5, 5.41) is 6.93. The van der Waals surface area contributed by atoms with Crippen molar-refractivity contribution in [2.75, 3.05) is 30.9 Å². The summed E-state index contributed by atoms with van der Waals surface area (Å²) < 4.78 is 12.1. The zero-order valence-electron chi connectivity index (χ0n) is 24.1. The number of methoxy groups -OCH3 is 1. The van der Waals surface area contributed by atoms with Gasteiger partial charge in [0.15, 0.2) is 18.1 Å². The highest BCUT2D eigenvalue weighted by atomic mass is 79.9. The highest BCUT2D eigenvalue weighted by Gasteiger charge is 2.36. The van der Waals surface area contributed by atoms with Crippen molar-refractivity contribution in [2.24, 2.45) is 0 Å². The van der Waals surface area contributed by atoms with Gasteiger partial charge < -0.3 is 20.1 Å². The third-order valence-electron chi connectivity index (χ3n) is 7.08. The number of carbonyl (C=O) groups is 4. The Morgan fingerprint density at radius 3 is 2.43 bits per heavy atom. The maximum absolute atomic E-state index is 13.1. The van der Waals surface area contributed by atoms with Gasteiger partial charge in [0.1, 0.15) is 6.54 Å². The SMILES string of the molecule is COc1cc(/C=C2/SC(=O)N(CC(=O)Nc3cccc4ccccc34)C2=O)ccc1OCC(=O)Nc1ccc(Br)c(C)c1C. The van der Waals surface area contributed by atoms with Crippen LogP contribution in [0.3, 0.4) is 0 Å². The lowest BCUT2D eigenvalue weighted by atomic mass is 10.1. The van der Waals surface area contributed by atoms with Crippen LogP contribution in [-0.2, 0) is 14.4 Å². The molecular weight excluding hydrogens is 646 g/mol. The van der Waals surface area contributed by atoms with E-state index in [1.54, 1.807) is 30.3 Å². The number of imide groups is 1. The molecule has 0 radical (unpaired) electrons. The van der Waals surface area contributed by atoms with E-state index in [0.29, 0.717) is 28.4 Å². The molecule has 4 aromatic carbocycles. The van der Waals surface area contributed by atoms with Gasteiger partial charge in [-0.25, -0.2) is 0 Å². The van der Waals surface area contributed by atoms with Gasteiger partial charge in [0.2, 0.25) is 5.91 Å². The van der Waals surface area contributed by atoms with Crippen LogP contribution in [0.5, 0.6) is 11.5 Å². The van der Waals surface area contributed by atoms with Crippen molar-refractivity contribution in [3.8, 4) is 11.5 Å². The molecule has 1 aliphatic rings. The maximum atomic E-state index is 13.1. The van der Waals surface area contributed by atoms with Gasteiger partial charge in [-0.3, -0.25) is 24.1 Å². The van der Waals surface area contributed by atoms with Crippen molar-refractivity contribution in [1.29, 1.82) is 0 Å². The molecule has 1 heterocycles. The number of nitrogens with one attached hydrogen (secondary N) is 2. The number of thioether (sulfide) groups is 1. The van der Waals surface area contributed by atoms with E-state index in [2.05, 4.69) is 26.6 Å². The van der Waals surface area contributed by atoms with Gasteiger partial charge in [0.05, 0.1) is 12.0 Å². The molecule has 0 aromatic heterocycles. The van der Waals surface area contributed by atoms with Crippen LogP contribution in [0.25, 0.3) is 16.8 Å². The minimum Gasteiger partial charge on any atom is -0.493 e. The lowest BCUT2D eigenvalue weighted by Crippen LogP contribution is -2.36. The van der Waals surface area contributed by atoms with Crippen LogP contribution in [-0.4, -0.2) is 48.1 Å². The zero-order valence-corrected chi connectivity index (χ0v) is 26.5. The number of fused-ring (bicyclic) bond motifs is 1. The fourth-order valence-corrected chi connectivity index (χ4v) is 5.87. The molecule has 44 heavy (non-hydrogen) atoms. The second-order valence-corrected chi connectivity index (χ2v) is 11.8. The Kier molecular flexibility index (Phi) is 9.36. The topological polar surface area (TPSA) is 114 Å². The molecule has 5 rings (SSSR count). The van der Waals surface area contributed by atoms with E-state index in [-0.39, 0.29) is 17.4 Å². The first-order valence-electron chi connectivity index (χ1n) is 13.5. The van der Waals surface area contributed by atoms with Gasteiger partial charge in [-0.15, -0.1) is 0 Å². The molecule has 1 aliphatic heterocycles. The van der Waals surface area contributed by atoms with Crippen LogP contribution >= 0.6 is 27.7 Å². The summed E-state index contributed by atoms with van der Waals surface area (Å²) in [6.45, 7) is 3.23. The molecule has 9 nitrogen and oxygen atoms in total. The third kappa shape index (κ3) is 6.79. The minimum atomic E-state index is -0.567. The van der Waals surface area contributed by atoms with Crippen LogP contribution in [0.15, 0.2) is 82.2 Å². The average molecular weight is 675 g/mol. The Morgan fingerprint density at radius 2 is 1.64 bits per heavy atom. The summed E-state index contributed by atoms with van der Waals surface area (Å²) in [6.07, 6.45) is 1.55. The number of hydrogen-bond acceptors (Lipinski definition) is 7. The number of rotatable bonds is 9. The molecule has 0 atom stereocenters. The van der Waals surface area contributed by atoms with Crippen molar-refractivity contribution in [3.05, 3.63) is 98.9 Å². The Morgan fingerprint density at radius 1 is 0.886 bits per heavy atom. The second-order valence-electron chi connectivity index (χ2n) is 9.93. The first-order chi connectivity index (χ1) is 21.1. The van der Waals surface area contributed by atoms with Gasteiger partial charge in [0, 0.05) is 21.2 Å². The highest BCUT2D eigenvalue weighted by Crippen LogP contribution is 2.35. The molecule has 0 aliphatic carbocycles. The van der Waals surface area contributed by atoms with E-state index in [1.807, 2.05) is 62.4 Å². The van der Waals surface area contributed by atoms with Crippen molar-refractivity contribution >= 4 is 78.9 Å². The van der Waals surface area contributed by atoms with Crippen molar-refractivity contribution in [3.63, 3.8) is 0 Å². The molecule has 1 fully saturated rings. The Bertz CT molecular complexity index is 1830. The maximum Gasteiger partial charge on any atom is 0.294 e. The fourth-order valence-electron chi connectivity index (χ4n) is 4.60. The largest absolute Gasteiger partial charge is 0.493 e. The zero-order chi connectivity index (χ0) is 31.4. The fraction of sp³-hybridized carbons (Fsp3) is 0.152. The van der Waals surface area contributed by atoms with Crippen LogP contribution in [0, 0.1) is 13.8 Å². The smallest absolute Gasteiger partial charge is 0.294 e. The average Bonchev–Trinajstić information content (AvgIpc) is 3.27. The Labute approximate surface area is 266 Å². The van der Waals surface area contributed by atoms with E-state index in [0.717, 1.165) is 43.0 Å². The first kappa shape index (κ1) is 30.8. The minimum absolute atomic E-state index is 0.170. The van der Waals surface area contributed by atoms with Gasteiger partial charge in [-0.2, -0.15) is 0 Å². The van der Waals surface area contributed by atoms with Gasteiger partial charge in [0.25, 0.3) is 17.1 Å². The predicted molar refractivity (Wildman–Crippen MR) is 176 cm³/mol. The molecule has 2 N–H and O–H groups in total. The summed E-state index contributed by atoms with van der Waals surface area (Å²) in [5.41, 5.74) is 3.85. The van der Waals surface area contributed by atoms with Crippen LogP contribution in [0.2, 0.25) is 0 Å². The number of halogens is 1. The molecule has 0 bridgehead atoms. The molecule has 224 valence electrons. The van der Waals surface area contributed by atoms with E-state index < -0.39 is 23.6 Å². The summed E-state index contributed by atoms with van der Waals surface area (Å²) >= 11 is 4.24. The van der Waals surface area contributed by atoms with Crippen molar-refractivity contribution < 1.29 is 28.7 Å². The Balaban J connectivity index is 1.22. The molecule has 4 aromatic rings. The predicted octanol–water partition coefficient (Wildman–Crippen LogP) is 6.92. The summed E-state index contributed by atoms with van der Waals surface area (Å²) in [4.78, 5) is 52.2. The highest BCUT2D eigenvalue weighted by molar-refractivity contribution is 9.10. The summed E-state index contributed by atoms with van der Waals surface area (Å²) in [7, 11) is 1.46. The van der Waals surface area contributed by atoms with E-state index in [9.17, 15) is 19.2 Å². The summed E-state index contributed by atoms with van der Waals surface area (Å²) in [5.74, 6) is -0.707. The lowest BCUT2D eigenvalue weighted by Gasteiger charge is -2.14. The lowest BCUT2D eigenvalue weighted by molar-refractivity contribution is -0.127. The number of carbonyl (C=O) groups excluding carboxylic acids is 4. The number of amides is 4. The standard InChI is InChI=1S/C33H28BrN3O6S/c1-19-20(2)25(13-12-24(19)34)35-31(39)18-43-27-14-11-21(15-28(27)42-3)16-29-32(40)37(33(41)44-29)17-30(38)36-26-10-6-8-22-7-4-5-9-23(22)26/h4-16H,17-18H2,1-3H3,(H,35,39)(H,36,38)/b29-16+. The molecule has 0 unspecified atom stereocenters. The number of benzene rings is 4. The van der Waals surface area contributed by atoms with Gasteiger partial charge in [-0.05, 0) is 84.1 Å². The molecule has 1 saturated heterocycles. The Hall–Kier alpha value is -4.61. The first-order valence-corrected chi connectivity index (χ1v) is 15.1. The van der Waals surface area contributed by atoms with E-state index in [4.69, 9.17) is 9.47 Å².